The monoisotopic (exact) mass is 242 g/mol. The van der Waals surface area contributed by atoms with E-state index in [1.807, 2.05) is 23.5 Å². The summed E-state index contributed by atoms with van der Waals surface area (Å²) in [5.41, 5.74) is 2.96. The number of hydrogen-bond donors (Lipinski definition) is 0. The molecule has 15 heavy (non-hydrogen) atoms. The summed E-state index contributed by atoms with van der Waals surface area (Å²) in [6.45, 7) is 1.68. The highest BCUT2D eigenvalue weighted by Gasteiger charge is 2.06. The summed E-state index contributed by atoms with van der Waals surface area (Å²) in [7, 11) is 0. The molecule has 0 bridgehead atoms. The highest BCUT2D eigenvalue weighted by molar-refractivity contribution is 7.99. The first kappa shape index (κ1) is 11.6. The minimum Gasteiger partial charge on any atom is -0.373 e. The van der Waals surface area contributed by atoms with Gasteiger partial charge in [-0.15, -0.1) is 0 Å². The molecule has 0 aliphatic carbocycles. The number of hydrogen-bond acceptors (Lipinski definition) is 3. The smallest absolute Gasteiger partial charge is 0.0689 e. The van der Waals surface area contributed by atoms with Crippen molar-refractivity contribution in [3.63, 3.8) is 0 Å². The average molecular weight is 242 g/mol. The molecule has 2 rings (SSSR count). The van der Waals surface area contributed by atoms with E-state index in [1.165, 1.54) is 47.0 Å². The van der Waals surface area contributed by atoms with Crippen molar-refractivity contribution >= 4 is 23.5 Å². The lowest BCUT2D eigenvalue weighted by molar-refractivity contribution is 0.180. The number of rotatable bonds is 4. The van der Waals surface area contributed by atoms with Crippen molar-refractivity contribution in [1.29, 1.82) is 0 Å². The standard InChI is InChI=1S/C12H18OS2/c1-3-11(9-14-5-1)7-13-8-12-4-2-6-15-10-12/h3-4H,1-2,5-10H2. The van der Waals surface area contributed by atoms with Gasteiger partial charge in [-0.25, -0.2) is 0 Å². The molecule has 2 aliphatic heterocycles. The van der Waals surface area contributed by atoms with Crippen LogP contribution in [0.25, 0.3) is 0 Å². The highest BCUT2D eigenvalue weighted by atomic mass is 32.2. The summed E-state index contributed by atoms with van der Waals surface area (Å²) in [6.07, 6.45) is 7.14. The largest absolute Gasteiger partial charge is 0.373 e. The van der Waals surface area contributed by atoms with Gasteiger partial charge in [-0.1, -0.05) is 12.2 Å². The minimum absolute atomic E-state index is 0.842. The lowest BCUT2D eigenvalue weighted by Crippen LogP contribution is -2.09. The van der Waals surface area contributed by atoms with Crippen LogP contribution in [0.2, 0.25) is 0 Å². The van der Waals surface area contributed by atoms with Crippen LogP contribution in [-0.2, 0) is 4.74 Å². The van der Waals surface area contributed by atoms with Crippen LogP contribution in [-0.4, -0.2) is 36.2 Å². The summed E-state index contributed by atoms with van der Waals surface area (Å²) in [5.74, 6) is 4.91. The second-order valence-electron chi connectivity index (χ2n) is 3.90. The predicted octanol–water partition coefficient (Wildman–Crippen LogP) is 3.13. The van der Waals surface area contributed by atoms with Gasteiger partial charge in [0, 0.05) is 11.5 Å². The normalized spacial score (nSPS) is 22.1. The Morgan fingerprint density at radius 3 is 1.87 bits per heavy atom. The Hall–Kier alpha value is 0.140. The molecule has 0 spiro atoms. The van der Waals surface area contributed by atoms with Gasteiger partial charge >= 0.3 is 0 Å². The molecule has 0 aromatic carbocycles. The van der Waals surface area contributed by atoms with Crippen LogP contribution in [0, 0.1) is 0 Å². The van der Waals surface area contributed by atoms with E-state index in [9.17, 15) is 0 Å². The third-order valence-corrected chi connectivity index (χ3v) is 4.74. The summed E-state index contributed by atoms with van der Waals surface area (Å²) in [4.78, 5) is 0. The van der Waals surface area contributed by atoms with Gasteiger partial charge in [0.05, 0.1) is 13.2 Å². The van der Waals surface area contributed by atoms with Crippen molar-refractivity contribution in [1.82, 2.24) is 0 Å². The first-order valence-corrected chi connectivity index (χ1v) is 7.85. The van der Waals surface area contributed by atoms with Crippen molar-refractivity contribution in [2.24, 2.45) is 0 Å². The van der Waals surface area contributed by atoms with E-state index in [2.05, 4.69) is 12.2 Å². The molecule has 84 valence electrons. The van der Waals surface area contributed by atoms with Gasteiger partial charge in [0.25, 0.3) is 0 Å². The molecule has 0 N–H and O–H groups in total. The fourth-order valence-electron chi connectivity index (χ4n) is 1.73. The van der Waals surface area contributed by atoms with E-state index >= 15 is 0 Å². The Kier molecular flexibility index (Phi) is 5.16. The Bertz CT molecular complexity index is 232. The maximum atomic E-state index is 5.75. The van der Waals surface area contributed by atoms with Crippen LogP contribution < -0.4 is 0 Å². The quantitative estimate of drug-likeness (QED) is 0.701. The lowest BCUT2D eigenvalue weighted by Gasteiger charge is -2.15. The molecule has 0 atom stereocenters. The molecule has 2 aliphatic rings. The molecular formula is C12H18OS2. The van der Waals surface area contributed by atoms with Gasteiger partial charge in [0.1, 0.15) is 0 Å². The maximum Gasteiger partial charge on any atom is 0.0689 e. The van der Waals surface area contributed by atoms with E-state index < -0.39 is 0 Å². The topological polar surface area (TPSA) is 9.23 Å². The molecule has 1 nitrogen and oxygen atoms in total. The van der Waals surface area contributed by atoms with Crippen LogP contribution >= 0.6 is 23.5 Å². The van der Waals surface area contributed by atoms with Crippen molar-refractivity contribution < 1.29 is 4.74 Å². The molecule has 0 radical (unpaired) electrons. The van der Waals surface area contributed by atoms with Gasteiger partial charge in [-0.05, 0) is 35.5 Å². The number of thioether (sulfide) groups is 2. The maximum absolute atomic E-state index is 5.75. The Morgan fingerprint density at radius 1 is 0.933 bits per heavy atom. The number of allylic oxidation sites excluding steroid dienone is 2. The fourth-order valence-corrected chi connectivity index (χ4v) is 3.52. The zero-order valence-corrected chi connectivity index (χ0v) is 10.7. The molecule has 2 heterocycles. The third kappa shape index (κ3) is 4.25. The summed E-state index contributed by atoms with van der Waals surface area (Å²) >= 11 is 4.04. The third-order valence-electron chi connectivity index (χ3n) is 2.54. The van der Waals surface area contributed by atoms with Gasteiger partial charge in [-0.2, -0.15) is 23.5 Å². The van der Waals surface area contributed by atoms with Crippen molar-refractivity contribution in [2.75, 3.05) is 36.2 Å². The van der Waals surface area contributed by atoms with Gasteiger partial charge < -0.3 is 4.74 Å². The fraction of sp³-hybridized carbons (Fsp3) is 0.667. The van der Waals surface area contributed by atoms with E-state index in [-0.39, 0.29) is 0 Å². The van der Waals surface area contributed by atoms with E-state index in [1.54, 1.807) is 0 Å². The Morgan fingerprint density at radius 2 is 1.47 bits per heavy atom. The second-order valence-corrected chi connectivity index (χ2v) is 6.11. The molecule has 3 heteroatoms. The molecule has 0 amide bonds. The predicted molar refractivity (Wildman–Crippen MR) is 70.9 cm³/mol. The summed E-state index contributed by atoms with van der Waals surface area (Å²) < 4.78 is 5.75. The van der Waals surface area contributed by atoms with Gasteiger partial charge in [0.2, 0.25) is 0 Å². The Balaban J connectivity index is 1.65. The van der Waals surface area contributed by atoms with Crippen molar-refractivity contribution in [3.8, 4) is 0 Å². The van der Waals surface area contributed by atoms with Crippen LogP contribution in [0.4, 0.5) is 0 Å². The van der Waals surface area contributed by atoms with Crippen LogP contribution in [0.5, 0.6) is 0 Å². The molecule has 0 unspecified atom stereocenters. The molecule has 0 saturated heterocycles. The van der Waals surface area contributed by atoms with Gasteiger partial charge in [0.15, 0.2) is 0 Å². The molecule has 0 aromatic rings. The molecule has 0 aromatic heterocycles. The van der Waals surface area contributed by atoms with E-state index in [0.29, 0.717) is 0 Å². The van der Waals surface area contributed by atoms with Crippen LogP contribution in [0.15, 0.2) is 23.3 Å². The molecular weight excluding hydrogens is 224 g/mol. The first-order valence-electron chi connectivity index (χ1n) is 5.54. The zero-order chi connectivity index (χ0) is 10.3. The highest BCUT2D eigenvalue weighted by Crippen LogP contribution is 2.19. The lowest BCUT2D eigenvalue weighted by atomic mass is 10.2. The minimum atomic E-state index is 0.842. The van der Waals surface area contributed by atoms with E-state index in [0.717, 1.165) is 13.2 Å². The van der Waals surface area contributed by atoms with Crippen LogP contribution in [0.3, 0.4) is 0 Å². The van der Waals surface area contributed by atoms with Crippen LogP contribution in [0.1, 0.15) is 12.8 Å². The summed E-state index contributed by atoms with van der Waals surface area (Å²) in [5, 5.41) is 0. The summed E-state index contributed by atoms with van der Waals surface area (Å²) in [6, 6.07) is 0. The van der Waals surface area contributed by atoms with Gasteiger partial charge in [-0.3, -0.25) is 0 Å². The zero-order valence-electron chi connectivity index (χ0n) is 9.04. The van der Waals surface area contributed by atoms with Crippen molar-refractivity contribution in [2.45, 2.75) is 12.8 Å². The SMILES string of the molecule is C1=C(COCC2=CCCSC2)CSCC1. The number of ether oxygens (including phenoxy) is 1. The average Bonchev–Trinajstić information content (AvgIpc) is 2.32. The molecule has 0 fully saturated rings. The van der Waals surface area contributed by atoms with Crippen molar-refractivity contribution in [3.05, 3.63) is 23.3 Å². The van der Waals surface area contributed by atoms with E-state index in [4.69, 9.17) is 4.74 Å². The first-order chi connectivity index (χ1) is 7.45. The molecule has 0 saturated carbocycles. The second kappa shape index (κ2) is 6.66. The Labute approximate surface area is 101 Å².